The molecule has 60 valence electrons. The minimum atomic E-state index is 0.482. The Hall–Kier alpha value is -0.770. The summed E-state index contributed by atoms with van der Waals surface area (Å²) >= 11 is 1.66. The normalized spacial score (nSPS) is 10.5. The van der Waals surface area contributed by atoms with Gasteiger partial charge in [0, 0.05) is 5.25 Å². The molecule has 1 aromatic rings. The molecule has 1 heterocycles. The number of anilines is 1. The molecular formula is C7H11N3S. The zero-order chi connectivity index (χ0) is 8.27. The van der Waals surface area contributed by atoms with Crippen LogP contribution in [0.5, 0.6) is 0 Å². The Labute approximate surface area is 70.4 Å². The first-order valence-electron chi connectivity index (χ1n) is 3.42. The van der Waals surface area contributed by atoms with E-state index >= 15 is 0 Å². The van der Waals surface area contributed by atoms with Crippen LogP contribution >= 0.6 is 11.8 Å². The van der Waals surface area contributed by atoms with Gasteiger partial charge in [-0.15, -0.1) is 11.8 Å². The summed E-state index contributed by atoms with van der Waals surface area (Å²) in [5, 5.41) is 1.41. The van der Waals surface area contributed by atoms with Gasteiger partial charge in [0.2, 0.25) is 0 Å². The molecule has 4 heteroatoms. The first-order chi connectivity index (χ1) is 5.18. The SMILES string of the molecule is CC(C)Sc1cncc(N)n1. The highest BCUT2D eigenvalue weighted by Gasteiger charge is 1.99. The van der Waals surface area contributed by atoms with Crippen molar-refractivity contribution in [3.8, 4) is 0 Å². The maximum atomic E-state index is 5.45. The van der Waals surface area contributed by atoms with Crippen LogP contribution in [0.3, 0.4) is 0 Å². The number of nitrogen functional groups attached to an aromatic ring is 1. The second-order valence-corrected chi connectivity index (χ2v) is 4.05. The minimum absolute atomic E-state index is 0.482. The molecule has 0 amide bonds. The Morgan fingerprint density at radius 2 is 2.18 bits per heavy atom. The Balaban J connectivity index is 2.71. The number of thioether (sulfide) groups is 1. The van der Waals surface area contributed by atoms with Gasteiger partial charge in [0.05, 0.1) is 12.4 Å². The zero-order valence-corrected chi connectivity index (χ0v) is 7.43. The largest absolute Gasteiger partial charge is 0.382 e. The summed E-state index contributed by atoms with van der Waals surface area (Å²) in [5.74, 6) is 0.482. The van der Waals surface area contributed by atoms with E-state index in [0.29, 0.717) is 11.1 Å². The van der Waals surface area contributed by atoms with E-state index in [1.165, 1.54) is 0 Å². The van der Waals surface area contributed by atoms with Crippen molar-refractivity contribution >= 4 is 17.6 Å². The van der Waals surface area contributed by atoms with Crippen LogP contribution in [0.1, 0.15) is 13.8 Å². The third kappa shape index (κ3) is 2.76. The summed E-state index contributed by atoms with van der Waals surface area (Å²) in [7, 11) is 0. The average Bonchev–Trinajstić information content (AvgIpc) is 1.85. The van der Waals surface area contributed by atoms with E-state index in [4.69, 9.17) is 5.73 Å². The molecule has 0 fully saturated rings. The molecule has 1 rings (SSSR count). The van der Waals surface area contributed by atoms with E-state index in [0.717, 1.165) is 5.03 Å². The van der Waals surface area contributed by atoms with Crippen molar-refractivity contribution < 1.29 is 0 Å². The molecular weight excluding hydrogens is 158 g/mol. The molecule has 0 unspecified atom stereocenters. The van der Waals surface area contributed by atoms with E-state index in [1.54, 1.807) is 24.2 Å². The van der Waals surface area contributed by atoms with Crippen molar-refractivity contribution in [3.05, 3.63) is 12.4 Å². The van der Waals surface area contributed by atoms with Gasteiger partial charge < -0.3 is 5.73 Å². The summed E-state index contributed by atoms with van der Waals surface area (Å²) in [6, 6.07) is 0. The summed E-state index contributed by atoms with van der Waals surface area (Å²) in [6.45, 7) is 4.21. The molecule has 0 bridgehead atoms. The quantitative estimate of drug-likeness (QED) is 0.682. The Kier molecular flexibility index (Phi) is 2.70. The first kappa shape index (κ1) is 8.33. The second kappa shape index (κ2) is 3.57. The maximum Gasteiger partial charge on any atom is 0.143 e. The van der Waals surface area contributed by atoms with Gasteiger partial charge in [0.25, 0.3) is 0 Å². The van der Waals surface area contributed by atoms with Gasteiger partial charge in [-0.05, 0) is 0 Å². The lowest BCUT2D eigenvalue weighted by atomic mass is 10.6. The van der Waals surface area contributed by atoms with Crippen LogP contribution in [-0.4, -0.2) is 15.2 Å². The molecule has 0 saturated carbocycles. The van der Waals surface area contributed by atoms with E-state index in [9.17, 15) is 0 Å². The van der Waals surface area contributed by atoms with E-state index < -0.39 is 0 Å². The molecule has 3 nitrogen and oxygen atoms in total. The third-order valence-electron chi connectivity index (χ3n) is 0.988. The number of hydrogen-bond donors (Lipinski definition) is 1. The minimum Gasteiger partial charge on any atom is -0.382 e. The summed E-state index contributed by atoms with van der Waals surface area (Å²) < 4.78 is 0. The third-order valence-corrected chi connectivity index (χ3v) is 1.90. The fourth-order valence-electron chi connectivity index (χ4n) is 0.661. The van der Waals surface area contributed by atoms with Gasteiger partial charge in [-0.25, -0.2) is 4.98 Å². The molecule has 0 aromatic carbocycles. The number of hydrogen-bond acceptors (Lipinski definition) is 4. The highest BCUT2D eigenvalue weighted by Crippen LogP contribution is 2.19. The Morgan fingerprint density at radius 3 is 2.73 bits per heavy atom. The van der Waals surface area contributed by atoms with E-state index in [1.807, 2.05) is 0 Å². The van der Waals surface area contributed by atoms with Crippen LogP contribution in [-0.2, 0) is 0 Å². The van der Waals surface area contributed by atoms with Crippen LogP contribution in [0.2, 0.25) is 0 Å². The van der Waals surface area contributed by atoms with Crippen molar-refractivity contribution in [2.45, 2.75) is 24.1 Å². The Bertz CT molecular complexity index is 237. The smallest absolute Gasteiger partial charge is 0.143 e. The average molecular weight is 169 g/mol. The summed E-state index contributed by atoms with van der Waals surface area (Å²) in [4.78, 5) is 8.02. The van der Waals surface area contributed by atoms with Crippen molar-refractivity contribution in [3.63, 3.8) is 0 Å². The van der Waals surface area contributed by atoms with Gasteiger partial charge in [-0.2, -0.15) is 0 Å². The number of aromatic nitrogens is 2. The van der Waals surface area contributed by atoms with Crippen LogP contribution in [0.4, 0.5) is 5.82 Å². The zero-order valence-electron chi connectivity index (χ0n) is 6.61. The van der Waals surface area contributed by atoms with Crippen molar-refractivity contribution in [2.24, 2.45) is 0 Å². The molecule has 2 N–H and O–H groups in total. The van der Waals surface area contributed by atoms with Crippen molar-refractivity contribution in [1.29, 1.82) is 0 Å². The molecule has 0 atom stereocenters. The summed E-state index contributed by atoms with van der Waals surface area (Å²) in [5.41, 5.74) is 5.45. The predicted octanol–water partition coefficient (Wildman–Crippen LogP) is 1.56. The molecule has 0 saturated heterocycles. The molecule has 0 aliphatic carbocycles. The lowest BCUT2D eigenvalue weighted by molar-refractivity contribution is 1.04. The lowest BCUT2D eigenvalue weighted by Gasteiger charge is -2.02. The fourth-order valence-corrected chi connectivity index (χ4v) is 1.42. The highest BCUT2D eigenvalue weighted by molar-refractivity contribution is 7.99. The monoisotopic (exact) mass is 169 g/mol. The van der Waals surface area contributed by atoms with E-state index in [2.05, 4.69) is 23.8 Å². The van der Waals surface area contributed by atoms with Gasteiger partial charge in [-0.3, -0.25) is 4.98 Å². The lowest BCUT2D eigenvalue weighted by Crippen LogP contribution is -1.94. The molecule has 0 radical (unpaired) electrons. The second-order valence-electron chi connectivity index (χ2n) is 2.45. The van der Waals surface area contributed by atoms with E-state index in [-0.39, 0.29) is 0 Å². The van der Waals surface area contributed by atoms with Gasteiger partial charge in [-0.1, -0.05) is 13.8 Å². The molecule has 0 aliphatic heterocycles. The maximum absolute atomic E-state index is 5.45. The predicted molar refractivity (Wildman–Crippen MR) is 47.4 cm³/mol. The molecule has 1 aromatic heterocycles. The van der Waals surface area contributed by atoms with Crippen LogP contribution < -0.4 is 5.73 Å². The fraction of sp³-hybridized carbons (Fsp3) is 0.429. The Morgan fingerprint density at radius 1 is 1.45 bits per heavy atom. The number of nitrogens with two attached hydrogens (primary N) is 1. The molecule has 11 heavy (non-hydrogen) atoms. The van der Waals surface area contributed by atoms with Gasteiger partial charge in [0.15, 0.2) is 0 Å². The van der Waals surface area contributed by atoms with Crippen LogP contribution in [0, 0.1) is 0 Å². The highest BCUT2D eigenvalue weighted by atomic mass is 32.2. The first-order valence-corrected chi connectivity index (χ1v) is 4.30. The van der Waals surface area contributed by atoms with Gasteiger partial charge in [0.1, 0.15) is 10.8 Å². The number of nitrogens with zero attached hydrogens (tertiary/aromatic N) is 2. The standard InChI is InChI=1S/C7H11N3S/c1-5(2)11-7-4-9-3-6(8)10-7/h3-5H,1-2H3,(H2,8,10). The van der Waals surface area contributed by atoms with Gasteiger partial charge >= 0.3 is 0 Å². The molecule has 0 aliphatic rings. The van der Waals surface area contributed by atoms with Crippen LogP contribution in [0.15, 0.2) is 17.4 Å². The topological polar surface area (TPSA) is 51.8 Å². The van der Waals surface area contributed by atoms with Crippen molar-refractivity contribution in [1.82, 2.24) is 9.97 Å². The van der Waals surface area contributed by atoms with Crippen molar-refractivity contribution in [2.75, 3.05) is 5.73 Å². The van der Waals surface area contributed by atoms with Crippen LogP contribution in [0.25, 0.3) is 0 Å². The summed E-state index contributed by atoms with van der Waals surface area (Å²) in [6.07, 6.45) is 3.27. The molecule has 0 spiro atoms. The number of rotatable bonds is 2.